The molecule has 5 nitrogen and oxygen atoms in total. The van der Waals surface area contributed by atoms with Crippen molar-refractivity contribution in [2.45, 2.75) is 12.8 Å². The first-order chi connectivity index (χ1) is 11.4. The average molecular weight is 364 g/mol. The highest BCUT2D eigenvalue weighted by Crippen LogP contribution is 2.26. The van der Waals surface area contributed by atoms with E-state index in [1.807, 2.05) is 0 Å². The SMILES string of the molecule is O=C(Oc1cc(Cl)cc(Cl)c1)c1ccc(N2C(=O)CCC2=O)cc1. The molecule has 0 unspecified atom stereocenters. The Labute approximate surface area is 147 Å². The van der Waals surface area contributed by atoms with Crippen molar-refractivity contribution in [3.8, 4) is 5.75 Å². The number of benzene rings is 2. The highest BCUT2D eigenvalue weighted by atomic mass is 35.5. The van der Waals surface area contributed by atoms with Crippen LogP contribution < -0.4 is 9.64 Å². The van der Waals surface area contributed by atoms with Crippen LogP contribution >= 0.6 is 23.2 Å². The highest BCUT2D eigenvalue weighted by Gasteiger charge is 2.30. The first-order valence-corrected chi connectivity index (χ1v) is 7.84. The summed E-state index contributed by atoms with van der Waals surface area (Å²) in [7, 11) is 0. The van der Waals surface area contributed by atoms with Crippen LogP contribution in [0.4, 0.5) is 5.69 Å². The lowest BCUT2D eigenvalue weighted by atomic mass is 10.2. The Balaban J connectivity index is 1.76. The van der Waals surface area contributed by atoms with E-state index in [0.29, 0.717) is 15.7 Å². The molecule has 1 heterocycles. The summed E-state index contributed by atoms with van der Waals surface area (Å²) in [6.07, 6.45) is 0.413. The second-order valence-electron chi connectivity index (χ2n) is 5.16. The van der Waals surface area contributed by atoms with Crippen molar-refractivity contribution in [3.05, 3.63) is 58.1 Å². The van der Waals surface area contributed by atoms with Crippen LogP contribution in [0.15, 0.2) is 42.5 Å². The molecule has 7 heteroatoms. The maximum absolute atomic E-state index is 12.1. The second kappa shape index (κ2) is 6.63. The van der Waals surface area contributed by atoms with E-state index in [0.717, 1.165) is 4.90 Å². The third kappa shape index (κ3) is 3.42. The van der Waals surface area contributed by atoms with Crippen molar-refractivity contribution in [2.75, 3.05) is 4.90 Å². The zero-order valence-corrected chi connectivity index (χ0v) is 13.8. The number of halogens is 2. The Morgan fingerprint density at radius 3 is 2.00 bits per heavy atom. The molecule has 0 saturated carbocycles. The van der Waals surface area contributed by atoms with Gasteiger partial charge in [-0.15, -0.1) is 0 Å². The lowest BCUT2D eigenvalue weighted by molar-refractivity contribution is -0.121. The van der Waals surface area contributed by atoms with Gasteiger partial charge < -0.3 is 4.74 Å². The minimum absolute atomic E-state index is 0.207. The Morgan fingerprint density at radius 2 is 1.46 bits per heavy atom. The van der Waals surface area contributed by atoms with Gasteiger partial charge in [0.15, 0.2) is 0 Å². The van der Waals surface area contributed by atoms with Crippen LogP contribution in [0.1, 0.15) is 23.2 Å². The van der Waals surface area contributed by atoms with E-state index >= 15 is 0 Å². The minimum Gasteiger partial charge on any atom is -0.423 e. The van der Waals surface area contributed by atoms with Crippen LogP contribution in [0.2, 0.25) is 10.0 Å². The molecule has 1 fully saturated rings. The molecular weight excluding hydrogens is 353 g/mol. The van der Waals surface area contributed by atoms with Gasteiger partial charge in [0.2, 0.25) is 11.8 Å². The fourth-order valence-electron chi connectivity index (χ4n) is 2.36. The Kier molecular flexibility index (Phi) is 4.55. The van der Waals surface area contributed by atoms with E-state index in [1.165, 1.54) is 42.5 Å². The molecular formula is C17H11Cl2NO4. The Morgan fingerprint density at radius 1 is 0.917 bits per heavy atom. The van der Waals surface area contributed by atoms with Gasteiger partial charge in [-0.2, -0.15) is 0 Å². The molecule has 2 amide bonds. The molecule has 1 aliphatic heterocycles. The molecule has 0 aliphatic carbocycles. The number of imide groups is 1. The van der Waals surface area contributed by atoms with Gasteiger partial charge >= 0.3 is 5.97 Å². The topological polar surface area (TPSA) is 63.7 Å². The van der Waals surface area contributed by atoms with E-state index < -0.39 is 5.97 Å². The number of esters is 1. The van der Waals surface area contributed by atoms with Crippen molar-refractivity contribution in [3.63, 3.8) is 0 Å². The molecule has 2 aromatic rings. The van der Waals surface area contributed by atoms with Crippen molar-refractivity contribution < 1.29 is 19.1 Å². The van der Waals surface area contributed by atoms with E-state index in [2.05, 4.69) is 0 Å². The van der Waals surface area contributed by atoms with Crippen molar-refractivity contribution in [1.82, 2.24) is 0 Å². The van der Waals surface area contributed by atoms with Crippen LogP contribution in [-0.4, -0.2) is 17.8 Å². The monoisotopic (exact) mass is 363 g/mol. The lowest BCUT2D eigenvalue weighted by Gasteiger charge is -2.14. The molecule has 0 aromatic heterocycles. The number of ether oxygens (including phenoxy) is 1. The Bertz CT molecular complexity index is 797. The third-order valence-corrected chi connectivity index (χ3v) is 3.90. The molecule has 1 saturated heterocycles. The molecule has 0 N–H and O–H groups in total. The number of carbonyl (C=O) groups excluding carboxylic acids is 3. The largest absolute Gasteiger partial charge is 0.423 e. The van der Waals surface area contributed by atoms with Gasteiger partial charge in [-0.1, -0.05) is 23.2 Å². The Hall–Kier alpha value is -2.37. The molecule has 3 rings (SSSR count). The summed E-state index contributed by atoms with van der Waals surface area (Å²) >= 11 is 11.7. The predicted molar refractivity (Wildman–Crippen MR) is 89.6 cm³/mol. The van der Waals surface area contributed by atoms with Gasteiger partial charge in [0.05, 0.1) is 11.3 Å². The fourth-order valence-corrected chi connectivity index (χ4v) is 2.87. The summed E-state index contributed by atoms with van der Waals surface area (Å²) in [5.41, 5.74) is 0.707. The predicted octanol–water partition coefficient (Wildman–Crippen LogP) is 3.87. The fraction of sp³-hybridized carbons (Fsp3) is 0.118. The summed E-state index contributed by atoms with van der Waals surface area (Å²) < 4.78 is 5.21. The normalized spacial score (nSPS) is 14.2. The number of hydrogen-bond acceptors (Lipinski definition) is 4. The van der Waals surface area contributed by atoms with Crippen LogP contribution in [-0.2, 0) is 9.59 Å². The van der Waals surface area contributed by atoms with Gasteiger partial charge in [0.1, 0.15) is 5.75 Å². The maximum Gasteiger partial charge on any atom is 0.343 e. The standard InChI is InChI=1S/C17H11Cl2NO4/c18-11-7-12(19)9-14(8-11)24-17(23)10-1-3-13(4-2-10)20-15(21)5-6-16(20)22/h1-4,7-9H,5-6H2. The average Bonchev–Trinajstić information content (AvgIpc) is 2.85. The molecule has 0 radical (unpaired) electrons. The van der Waals surface area contributed by atoms with Gasteiger partial charge in [-0.05, 0) is 42.5 Å². The highest BCUT2D eigenvalue weighted by molar-refractivity contribution is 6.34. The lowest BCUT2D eigenvalue weighted by Crippen LogP contribution is -2.28. The number of carbonyl (C=O) groups is 3. The van der Waals surface area contributed by atoms with Crippen molar-refractivity contribution >= 4 is 46.7 Å². The number of nitrogens with zero attached hydrogens (tertiary/aromatic N) is 1. The molecule has 1 aliphatic rings. The first kappa shape index (κ1) is 16.5. The van der Waals surface area contributed by atoms with E-state index in [9.17, 15) is 14.4 Å². The molecule has 0 atom stereocenters. The van der Waals surface area contributed by atoms with Gasteiger partial charge in [-0.25, -0.2) is 4.79 Å². The quantitative estimate of drug-likeness (QED) is 0.471. The van der Waals surface area contributed by atoms with Crippen LogP contribution in [0.5, 0.6) is 5.75 Å². The van der Waals surface area contributed by atoms with Gasteiger partial charge in [0, 0.05) is 22.9 Å². The maximum atomic E-state index is 12.1. The van der Waals surface area contributed by atoms with Crippen molar-refractivity contribution in [1.29, 1.82) is 0 Å². The van der Waals surface area contributed by atoms with Crippen LogP contribution in [0.25, 0.3) is 0 Å². The zero-order chi connectivity index (χ0) is 17.3. The summed E-state index contributed by atoms with van der Waals surface area (Å²) in [6, 6.07) is 10.5. The number of hydrogen-bond donors (Lipinski definition) is 0. The molecule has 2 aromatic carbocycles. The van der Waals surface area contributed by atoms with Crippen molar-refractivity contribution in [2.24, 2.45) is 0 Å². The van der Waals surface area contributed by atoms with E-state index in [-0.39, 0.29) is 36.0 Å². The van der Waals surface area contributed by atoms with Gasteiger partial charge in [-0.3, -0.25) is 14.5 Å². The zero-order valence-electron chi connectivity index (χ0n) is 12.3. The molecule has 122 valence electrons. The van der Waals surface area contributed by atoms with Gasteiger partial charge in [0.25, 0.3) is 0 Å². The number of rotatable bonds is 3. The summed E-state index contributed by atoms with van der Waals surface area (Å²) in [4.78, 5) is 36.7. The van der Waals surface area contributed by atoms with Crippen LogP contribution in [0.3, 0.4) is 0 Å². The second-order valence-corrected chi connectivity index (χ2v) is 6.04. The van der Waals surface area contributed by atoms with E-state index in [1.54, 1.807) is 0 Å². The summed E-state index contributed by atoms with van der Waals surface area (Å²) in [5, 5.41) is 0.707. The first-order valence-electron chi connectivity index (χ1n) is 7.08. The number of anilines is 1. The summed E-state index contributed by atoms with van der Waals surface area (Å²) in [6.45, 7) is 0. The minimum atomic E-state index is -0.598. The van der Waals surface area contributed by atoms with Crippen LogP contribution in [0, 0.1) is 0 Å². The third-order valence-electron chi connectivity index (χ3n) is 3.46. The number of amides is 2. The molecule has 24 heavy (non-hydrogen) atoms. The molecule has 0 bridgehead atoms. The van der Waals surface area contributed by atoms with E-state index in [4.69, 9.17) is 27.9 Å². The summed E-state index contributed by atoms with van der Waals surface area (Å²) in [5.74, 6) is -0.863. The smallest absolute Gasteiger partial charge is 0.343 e. The molecule has 0 spiro atoms.